The van der Waals surface area contributed by atoms with Crippen LogP contribution >= 0.6 is 0 Å². The van der Waals surface area contributed by atoms with Crippen LogP contribution < -0.4 is 0 Å². The highest BCUT2D eigenvalue weighted by molar-refractivity contribution is 5.65. The topological polar surface area (TPSA) is 50.9 Å². The van der Waals surface area contributed by atoms with E-state index in [9.17, 15) is 5.11 Å². The molecule has 0 saturated heterocycles. The molecule has 2 aromatic carbocycles. The normalized spacial score (nSPS) is 10.9. The molecule has 0 fully saturated rings. The summed E-state index contributed by atoms with van der Waals surface area (Å²) in [4.78, 5) is 0. The van der Waals surface area contributed by atoms with Crippen LogP contribution in [0.5, 0.6) is 0 Å². The third-order valence-electron chi connectivity index (χ3n) is 3.81. The summed E-state index contributed by atoms with van der Waals surface area (Å²) in [7, 11) is 0. The minimum absolute atomic E-state index is 0.131. The van der Waals surface area contributed by atoms with Crippen LogP contribution in [0.15, 0.2) is 42.5 Å². The van der Waals surface area contributed by atoms with E-state index in [1.54, 1.807) is 0 Å². The zero-order chi connectivity index (χ0) is 15.7. The second kappa shape index (κ2) is 5.73. The predicted octanol–water partition coefficient (Wildman–Crippen LogP) is 3.35. The van der Waals surface area contributed by atoms with Crippen molar-refractivity contribution in [1.82, 2.24) is 15.0 Å². The van der Waals surface area contributed by atoms with Crippen LogP contribution in [0.4, 0.5) is 0 Å². The Bertz CT molecular complexity index is 804. The van der Waals surface area contributed by atoms with Crippen molar-refractivity contribution >= 4 is 0 Å². The number of aliphatic hydroxyl groups is 1. The molecular weight excluding hydrogens is 274 g/mol. The highest BCUT2D eigenvalue weighted by Crippen LogP contribution is 2.27. The zero-order valence-corrected chi connectivity index (χ0v) is 13.0. The number of hydrogen-bond acceptors (Lipinski definition) is 3. The lowest BCUT2D eigenvalue weighted by Gasteiger charge is -2.11. The molecule has 0 radical (unpaired) electrons. The first-order chi connectivity index (χ1) is 10.6. The van der Waals surface area contributed by atoms with Gasteiger partial charge in [-0.05, 0) is 38.0 Å². The number of rotatable bonds is 3. The van der Waals surface area contributed by atoms with Crippen molar-refractivity contribution < 1.29 is 5.11 Å². The van der Waals surface area contributed by atoms with Gasteiger partial charge in [0.25, 0.3) is 0 Å². The first kappa shape index (κ1) is 14.5. The molecular formula is C18H19N3O. The standard InChI is InChI=1S/C18H19N3O/c1-12-5-8-15(9-6-12)18-16(11-22)19-20-21(18)17-10-13(2)4-7-14(17)3/h4-10,22H,11H2,1-3H3. The lowest BCUT2D eigenvalue weighted by Crippen LogP contribution is -2.03. The van der Waals surface area contributed by atoms with Crippen LogP contribution in [-0.4, -0.2) is 20.1 Å². The Labute approximate surface area is 130 Å². The van der Waals surface area contributed by atoms with Crippen LogP contribution in [0, 0.1) is 20.8 Å². The van der Waals surface area contributed by atoms with Crippen molar-refractivity contribution in [3.63, 3.8) is 0 Å². The Morgan fingerprint density at radius 3 is 2.32 bits per heavy atom. The maximum Gasteiger partial charge on any atom is 0.117 e. The number of hydrogen-bond donors (Lipinski definition) is 1. The van der Waals surface area contributed by atoms with Crippen LogP contribution in [0.3, 0.4) is 0 Å². The van der Waals surface area contributed by atoms with Gasteiger partial charge >= 0.3 is 0 Å². The minimum atomic E-state index is -0.131. The van der Waals surface area contributed by atoms with Gasteiger partial charge in [-0.2, -0.15) is 0 Å². The third-order valence-corrected chi connectivity index (χ3v) is 3.81. The molecule has 0 saturated carbocycles. The summed E-state index contributed by atoms with van der Waals surface area (Å²) in [5, 5.41) is 18.0. The van der Waals surface area contributed by atoms with E-state index in [1.807, 2.05) is 23.7 Å². The van der Waals surface area contributed by atoms with Gasteiger partial charge in [-0.3, -0.25) is 0 Å². The zero-order valence-electron chi connectivity index (χ0n) is 13.0. The molecule has 0 aliphatic heterocycles. The lowest BCUT2D eigenvalue weighted by atomic mass is 10.1. The van der Waals surface area contributed by atoms with Gasteiger partial charge < -0.3 is 5.11 Å². The molecule has 112 valence electrons. The molecule has 1 aromatic heterocycles. The molecule has 0 unspecified atom stereocenters. The number of benzene rings is 2. The predicted molar refractivity (Wildman–Crippen MR) is 86.9 cm³/mol. The fourth-order valence-corrected chi connectivity index (χ4v) is 2.54. The number of aryl methyl sites for hydroxylation is 3. The van der Waals surface area contributed by atoms with E-state index in [-0.39, 0.29) is 6.61 Å². The smallest absolute Gasteiger partial charge is 0.117 e. The lowest BCUT2D eigenvalue weighted by molar-refractivity contribution is 0.277. The molecule has 0 aliphatic rings. The second-order valence-electron chi connectivity index (χ2n) is 5.61. The maximum absolute atomic E-state index is 9.60. The van der Waals surface area contributed by atoms with Crippen molar-refractivity contribution in [3.8, 4) is 16.9 Å². The van der Waals surface area contributed by atoms with E-state index >= 15 is 0 Å². The molecule has 0 bridgehead atoms. The Morgan fingerprint density at radius 1 is 0.955 bits per heavy atom. The second-order valence-corrected chi connectivity index (χ2v) is 5.61. The van der Waals surface area contributed by atoms with Crippen LogP contribution in [0.25, 0.3) is 16.9 Å². The quantitative estimate of drug-likeness (QED) is 0.805. The molecule has 4 heteroatoms. The van der Waals surface area contributed by atoms with Crippen LogP contribution in [0.2, 0.25) is 0 Å². The van der Waals surface area contributed by atoms with Gasteiger partial charge in [0.2, 0.25) is 0 Å². The van der Waals surface area contributed by atoms with Gasteiger partial charge in [0.15, 0.2) is 0 Å². The Balaban J connectivity index is 2.23. The summed E-state index contributed by atoms with van der Waals surface area (Å²) in [6.07, 6.45) is 0. The fraction of sp³-hybridized carbons (Fsp3) is 0.222. The van der Waals surface area contributed by atoms with E-state index in [2.05, 4.69) is 54.5 Å². The van der Waals surface area contributed by atoms with Gasteiger partial charge in [0, 0.05) is 5.56 Å². The van der Waals surface area contributed by atoms with Crippen molar-refractivity contribution in [2.75, 3.05) is 0 Å². The molecule has 22 heavy (non-hydrogen) atoms. The summed E-state index contributed by atoms with van der Waals surface area (Å²) in [5.74, 6) is 0. The largest absolute Gasteiger partial charge is 0.390 e. The number of nitrogens with zero attached hydrogens (tertiary/aromatic N) is 3. The van der Waals surface area contributed by atoms with E-state index < -0.39 is 0 Å². The highest BCUT2D eigenvalue weighted by Gasteiger charge is 2.16. The van der Waals surface area contributed by atoms with E-state index in [0.29, 0.717) is 5.69 Å². The van der Waals surface area contributed by atoms with Gasteiger partial charge in [0.05, 0.1) is 12.3 Å². The first-order valence-corrected chi connectivity index (χ1v) is 7.30. The SMILES string of the molecule is Cc1ccc(-c2c(CO)nnn2-c2cc(C)ccc2C)cc1. The molecule has 3 aromatic rings. The molecule has 4 nitrogen and oxygen atoms in total. The van der Waals surface area contributed by atoms with Crippen molar-refractivity contribution in [3.05, 3.63) is 64.8 Å². The van der Waals surface area contributed by atoms with Gasteiger partial charge in [-0.25, -0.2) is 4.68 Å². The van der Waals surface area contributed by atoms with Crippen LogP contribution in [0.1, 0.15) is 22.4 Å². The monoisotopic (exact) mass is 293 g/mol. The van der Waals surface area contributed by atoms with E-state index in [4.69, 9.17) is 0 Å². The minimum Gasteiger partial charge on any atom is -0.390 e. The average molecular weight is 293 g/mol. The van der Waals surface area contributed by atoms with Gasteiger partial charge in [0.1, 0.15) is 11.4 Å². The molecule has 3 rings (SSSR count). The van der Waals surface area contributed by atoms with Crippen LogP contribution in [-0.2, 0) is 6.61 Å². The summed E-state index contributed by atoms with van der Waals surface area (Å²) in [5.41, 5.74) is 6.90. The van der Waals surface area contributed by atoms with Crippen molar-refractivity contribution in [2.45, 2.75) is 27.4 Å². The Morgan fingerprint density at radius 2 is 1.64 bits per heavy atom. The third kappa shape index (κ3) is 2.53. The number of aliphatic hydroxyl groups excluding tert-OH is 1. The summed E-state index contributed by atoms with van der Waals surface area (Å²) in [6.45, 7) is 6.03. The van der Waals surface area contributed by atoms with Gasteiger partial charge in [-0.1, -0.05) is 47.2 Å². The van der Waals surface area contributed by atoms with E-state index in [0.717, 1.165) is 28.1 Å². The summed E-state index contributed by atoms with van der Waals surface area (Å²) >= 11 is 0. The molecule has 0 aliphatic carbocycles. The first-order valence-electron chi connectivity index (χ1n) is 7.30. The molecule has 1 N–H and O–H groups in total. The number of aromatic nitrogens is 3. The fourth-order valence-electron chi connectivity index (χ4n) is 2.54. The highest BCUT2D eigenvalue weighted by atomic mass is 16.3. The molecule has 0 atom stereocenters. The average Bonchev–Trinajstić information content (AvgIpc) is 2.94. The van der Waals surface area contributed by atoms with E-state index in [1.165, 1.54) is 5.56 Å². The summed E-state index contributed by atoms with van der Waals surface area (Å²) in [6, 6.07) is 14.4. The molecule has 0 amide bonds. The maximum atomic E-state index is 9.60. The summed E-state index contributed by atoms with van der Waals surface area (Å²) < 4.78 is 1.82. The van der Waals surface area contributed by atoms with Gasteiger partial charge in [-0.15, -0.1) is 5.10 Å². The Kier molecular flexibility index (Phi) is 3.77. The van der Waals surface area contributed by atoms with Crippen molar-refractivity contribution in [1.29, 1.82) is 0 Å². The van der Waals surface area contributed by atoms with Crippen molar-refractivity contribution in [2.24, 2.45) is 0 Å². The Hall–Kier alpha value is -2.46. The molecule has 0 spiro atoms. The molecule has 1 heterocycles.